The molecule has 0 aliphatic carbocycles. The lowest BCUT2D eigenvalue weighted by Gasteiger charge is -2.29. The second-order valence-electron chi connectivity index (χ2n) is 4.56. The number of hydrogen-bond acceptors (Lipinski definition) is 4. The van der Waals surface area contributed by atoms with Gasteiger partial charge in [0.25, 0.3) is 0 Å². The van der Waals surface area contributed by atoms with Crippen LogP contribution in [0.5, 0.6) is 0 Å². The summed E-state index contributed by atoms with van der Waals surface area (Å²) in [5.41, 5.74) is 0. The van der Waals surface area contributed by atoms with E-state index >= 15 is 0 Å². The summed E-state index contributed by atoms with van der Waals surface area (Å²) in [5.74, 6) is 0.0719. The SMILES string of the molecule is CCC1CCNC(C(=O)NC(C)C(=O)OC)C1. The minimum Gasteiger partial charge on any atom is -0.467 e. The molecule has 0 aromatic heterocycles. The van der Waals surface area contributed by atoms with Crippen LogP contribution in [0.1, 0.15) is 33.1 Å². The van der Waals surface area contributed by atoms with Crippen molar-refractivity contribution in [1.82, 2.24) is 10.6 Å². The van der Waals surface area contributed by atoms with Crippen LogP contribution in [-0.2, 0) is 14.3 Å². The molecule has 5 nitrogen and oxygen atoms in total. The lowest BCUT2D eigenvalue weighted by atomic mass is 9.90. The maximum absolute atomic E-state index is 11.9. The van der Waals surface area contributed by atoms with Crippen LogP contribution in [-0.4, -0.2) is 37.6 Å². The number of piperidine rings is 1. The summed E-state index contributed by atoms with van der Waals surface area (Å²) in [6.45, 7) is 4.63. The highest BCUT2D eigenvalue weighted by atomic mass is 16.5. The van der Waals surface area contributed by atoms with Crippen molar-refractivity contribution in [1.29, 1.82) is 0 Å². The van der Waals surface area contributed by atoms with Gasteiger partial charge in [-0.25, -0.2) is 4.79 Å². The predicted octanol–water partition coefficient (Wildman–Crippen LogP) is 0.442. The third-order valence-electron chi connectivity index (χ3n) is 3.32. The van der Waals surface area contributed by atoms with Gasteiger partial charge < -0.3 is 15.4 Å². The molecule has 0 aromatic carbocycles. The molecule has 1 aliphatic heterocycles. The van der Waals surface area contributed by atoms with Gasteiger partial charge in [0.2, 0.25) is 5.91 Å². The van der Waals surface area contributed by atoms with Crippen molar-refractivity contribution in [3.63, 3.8) is 0 Å². The van der Waals surface area contributed by atoms with Crippen LogP contribution in [0.15, 0.2) is 0 Å². The summed E-state index contributed by atoms with van der Waals surface area (Å²) in [6, 6.07) is -0.767. The molecule has 0 radical (unpaired) electrons. The summed E-state index contributed by atoms with van der Waals surface area (Å²) in [6.07, 6.45) is 3.06. The Morgan fingerprint density at radius 2 is 2.24 bits per heavy atom. The monoisotopic (exact) mass is 242 g/mol. The first-order valence-electron chi connectivity index (χ1n) is 6.20. The van der Waals surface area contributed by atoms with E-state index < -0.39 is 12.0 Å². The minimum absolute atomic E-state index is 0.110. The Bertz CT molecular complexity index is 281. The summed E-state index contributed by atoms with van der Waals surface area (Å²) < 4.78 is 4.57. The highest BCUT2D eigenvalue weighted by molar-refractivity contribution is 5.87. The molecule has 1 fully saturated rings. The number of methoxy groups -OCH3 is 1. The van der Waals surface area contributed by atoms with E-state index in [1.165, 1.54) is 7.11 Å². The van der Waals surface area contributed by atoms with Crippen molar-refractivity contribution in [2.24, 2.45) is 5.92 Å². The van der Waals surface area contributed by atoms with Crippen LogP contribution >= 0.6 is 0 Å². The van der Waals surface area contributed by atoms with Gasteiger partial charge in [-0.2, -0.15) is 0 Å². The smallest absolute Gasteiger partial charge is 0.328 e. The van der Waals surface area contributed by atoms with Crippen LogP contribution < -0.4 is 10.6 Å². The number of carbonyl (C=O) groups excluding carboxylic acids is 2. The fourth-order valence-electron chi connectivity index (χ4n) is 2.12. The Labute approximate surface area is 102 Å². The number of esters is 1. The largest absolute Gasteiger partial charge is 0.467 e. The first-order valence-corrected chi connectivity index (χ1v) is 6.20. The predicted molar refractivity (Wildman–Crippen MR) is 64.4 cm³/mol. The van der Waals surface area contributed by atoms with Crippen LogP contribution in [0.25, 0.3) is 0 Å². The second kappa shape index (κ2) is 6.59. The maximum Gasteiger partial charge on any atom is 0.328 e. The molecule has 0 spiro atoms. The number of hydrogen-bond donors (Lipinski definition) is 2. The molecule has 0 aromatic rings. The standard InChI is InChI=1S/C12H22N2O3/c1-4-9-5-6-13-10(7-9)11(15)14-8(2)12(16)17-3/h8-10,13H,4-7H2,1-3H3,(H,14,15). The summed E-state index contributed by atoms with van der Waals surface area (Å²) in [5, 5.41) is 5.85. The summed E-state index contributed by atoms with van der Waals surface area (Å²) >= 11 is 0. The van der Waals surface area contributed by atoms with Gasteiger partial charge in [0, 0.05) is 0 Å². The molecule has 1 rings (SSSR count). The van der Waals surface area contributed by atoms with E-state index in [0.717, 1.165) is 25.8 Å². The molecular weight excluding hydrogens is 220 g/mol. The molecular formula is C12H22N2O3. The van der Waals surface area contributed by atoms with E-state index in [4.69, 9.17) is 0 Å². The summed E-state index contributed by atoms with van der Waals surface area (Å²) in [7, 11) is 1.32. The topological polar surface area (TPSA) is 67.4 Å². The Morgan fingerprint density at radius 3 is 2.82 bits per heavy atom. The number of carbonyl (C=O) groups is 2. The second-order valence-corrected chi connectivity index (χ2v) is 4.56. The molecule has 1 saturated heterocycles. The third-order valence-corrected chi connectivity index (χ3v) is 3.32. The molecule has 3 atom stereocenters. The lowest BCUT2D eigenvalue weighted by molar-refractivity contribution is -0.144. The van der Waals surface area contributed by atoms with Gasteiger partial charge >= 0.3 is 5.97 Å². The Balaban J connectivity index is 2.44. The molecule has 1 aliphatic rings. The van der Waals surface area contributed by atoms with Gasteiger partial charge in [-0.05, 0) is 32.2 Å². The van der Waals surface area contributed by atoms with Crippen molar-refractivity contribution in [2.75, 3.05) is 13.7 Å². The first kappa shape index (κ1) is 14.0. The van der Waals surface area contributed by atoms with Gasteiger partial charge in [0.1, 0.15) is 6.04 Å². The van der Waals surface area contributed by atoms with Gasteiger partial charge in [0.15, 0.2) is 0 Å². The quantitative estimate of drug-likeness (QED) is 0.702. The molecule has 0 bridgehead atoms. The van der Waals surface area contributed by atoms with Crippen molar-refractivity contribution in [3.8, 4) is 0 Å². The van der Waals surface area contributed by atoms with Gasteiger partial charge in [-0.15, -0.1) is 0 Å². The van der Waals surface area contributed by atoms with Crippen molar-refractivity contribution in [2.45, 2.75) is 45.2 Å². The normalized spacial score (nSPS) is 26.1. The zero-order valence-corrected chi connectivity index (χ0v) is 10.8. The Morgan fingerprint density at radius 1 is 1.53 bits per heavy atom. The highest BCUT2D eigenvalue weighted by Crippen LogP contribution is 2.19. The average Bonchev–Trinajstić information content (AvgIpc) is 2.37. The fourth-order valence-corrected chi connectivity index (χ4v) is 2.12. The van der Waals surface area contributed by atoms with E-state index in [0.29, 0.717) is 5.92 Å². The molecule has 1 amide bonds. The van der Waals surface area contributed by atoms with Crippen molar-refractivity contribution in [3.05, 3.63) is 0 Å². The van der Waals surface area contributed by atoms with E-state index in [1.54, 1.807) is 6.92 Å². The van der Waals surface area contributed by atoms with Gasteiger partial charge in [-0.3, -0.25) is 4.79 Å². The molecule has 1 heterocycles. The number of rotatable bonds is 4. The third kappa shape index (κ3) is 4.00. The zero-order chi connectivity index (χ0) is 12.8. The molecule has 5 heteroatoms. The van der Waals surface area contributed by atoms with Crippen LogP contribution in [0.4, 0.5) is 0 Å². The Kier molecular flexibility index (Phi) is 5.41. The Hall–Kier alpha value is -1.10. The molecule has 2 N–H and O–H groups in total. The van der Waals surface area contributed by atoms with Crippen molar-refractivity contribution >= 4 is 11.9 Å². The molecule has 17 heavy (non-hydrogen) atoms. The molecule has 98 valence electrons. The van der Waals surface area contributed by atoms with Crippen LogP contribution in [0.3, 0.4) is 0 Å². The van der Waals surface area contributed by atoms with Gasteiger partial charge in [-0.1, -0.05) is 13.3 Å². The van der Waals surface area contributed by atoms with E-state index in [9.17, 15) is 9.59 Å². The first-order chi connectivity index (χ1) is 8.08. The molecule has 3 unspecified atom stereocenters. The number of ether oxygens (including phenoxy) is 1. The zero-order valence-electron chi connectivity index (χ0n) is 10.8. The van der Waals surface area contributed by atoms with E-state index in [2.05, 4.69) is 22.3 Å². The van der Waals surface area contributed by atoms with Crippen LogP contribution in [0.2, 0.25) is 0 Å². The fraction of sp³-hybridized carbons (Fsp3) is 0.833. The van der Waals surface area contributed by atoms with E-state index in [1.807, 2.05) is 0 Å². The molecule has 0 saturated carbocycles. The van der Waals surface area contributed by atoms with E-state index in [-0.39, 0.29) is 11.9 Å². The number of nitrogens with one attached hydrogen (secondary N) is 2. The average molecular weight is 242 g/mol. The van der Waals surface area contributed by atoms with Gasteiger partial charge in [0.05, 0.1) is 13.2 Å². The van der Waals surface area contributed by atoms with Crippen molar-refractivity contribution < 1.29 is 14.3 Å². The number of amides is 1. The lowest BCUT2D eigenvalue weighted by Crippen LogP contribution is -2.52. The summed E-state index contributed by atoms with van der Waals surface area (Å²) in [4.78, 5) is 23.1. The highest BCUT2D eigenvalue weighted by Gasteiger charge is 2.27. The maximum atomic E-state index is 11.9. The van der Waals surface area contributed by atoms with Crippen LogP contribution in [0, 0.1) is 5.92 Å². The minimum atomic E-state index is -0.587.